The van der Waals surface area contributed by atoms with Crippen LogP contribution in [0.5, 0.6) is 5.75 Å². The SMILES string of the molecule is COc1cc2cc(C3CCNC3)[nH]c(=O)c2cc1-c1ncccc1F. The van der Waals surface area contributed by atoms with Gasteiger partial charge in [-0.3, -0.25) is 9.78 Å². The number of fused-ring (bicyclic) bond motifs is 1. The van der Waals surface area contributed by atoms with Gasteiger partial charge in [0.15, 0.2) is 0 Å². The highest BCUT2D eigenvalue weighted by Crippen LogP contribution is 2.34. The standard InChI is InChI=1S/C19H18FN3O2/c1-25-17-8-12-7-16(11-4-6-21-10-11)23-19(24)13(12)9-14(17)18-15(20)3-2-5-22-18/h2-3,5,7-9,11,21H,4,6,10H2,1H3,(H,23,24). The van der Waals surface area contributed by atoms with E-state index in [1.54, 1.807) is 12.1 Å². The Labute approximate surface area is 143 Å². The van der Waals surface area contributed by atoms with Crippen LogP contribution in [0.4, 0.5) is 4.39 Å². The van der Waals surface area contributed by atoms with Gasteiger partial charge in [0.1, 0.15) is 17.3 Å². The minimum absolute atomic E-state index is 0.171. The first kappa shape index (κ1) is 15.8. The van der Waals surface area contributed by atoms with Crippen LogP contribution in [0.25, 0.3) is 22.0 Å². The number of pyridine rings is 2. The summed E-state index contributed by atoms with van der Waals surface area (Å²) in [6.07, 6.45) is 2.51. The topological polar surface area (TPSA) is 67.0 Å². The molecule has 0 radical (unpaired) electrons. The van der Waals surface area contributed by atoms with Gasteiger partial charge >= 0.3 is 0 Å². The molecule has 1 aromatic carbocycles. The predicted octanol–water partition coefficient (Wildman–Crippen LogP) is 2.81. The third kappa shape index (κ3) is 2.78. The Bertz CT molecular complexity index is 994. The van der Waals surface area contributed by atoms with Gasteiger partial charge in [0, 0.05) is 35.3 Å². The van der Waals surface area contributed by atoms with Crippen LogP contribution in [0, 0.1) is 5.82 Å². The smallest absolute Gasteiger partial charge is 0.256 e. The molecule has 2 N–H and O–H groups in total. The molecular weight excluding hydrogens is 321 g/mol. The maximum Gasteiger partial charge on any atom is 0.256 e. The van der Waals surface area contributed by atoms with Crippen LogP contribution in [0.1, 0.15) is 18.0 Å². The number of rotatable bonds is 3. The van der Waals surface area contributed by atoms with E-state index in [2.05, 4.69) is 15.3 Å². The van der Waals surface area contributed by atoms with Crippen molar-refractivity contribution in [3.8, 4) is 17.0 Å². The fourth-order valence-electron chi connectivity index (χ4n) is 3.39. The van der Waals surface area contributed by atoms with Gasteiger partial charge in [0.05, 0.1) is 7.11 Å². The predicted molar refractivity (Wildman–Crippen MR) is 94.5 cm³/mol. The molecule has 25 heavy (non-hydrogen) atoms. The lowest BCUT2D eigenvalue weighted by atomic mass is 9.99. The molecule has 6 heteroatoms. The van der Waals surface area contributed by atoms with Crippen molar-refractivity contribution in [1.29, 1.82) is 0 Å². The zero-order chi connectivity index (χ0) is 17.4. The van der Waals surface area contributed by atoms with E-state index in [9.17, 15) is 9.18 Å². The molecular formula is C19H18FN3O2. The molecule has 4 rings (SSSR count). The fourth-order valence-corrected chi connectivity index (χ4v) is 3.39. The van der Waals surface area contributed by atoms with Gasteiger partial charge in [-0.25, -0.2) is 4.39 Å². The molecule has 1 aliphatic rings. The molecule has 128 valence electrons. The van der Waals surface area contributed by atoms with Crippen molar-refractivity contribution in [1.82, 2.24) is 15.3 Å². The van der Waals surface area contributed by atoms with E-state index in [4.69, 9.17) is 4.74 Å². The molecule has 2 aromatic heterocycles. The quantitative estimate of drug-likeness (QED) is 0.770. The molecule has 5 nitrogen and oxygen atoms in total. The van der Waals surface area contributed by atoms with E-state index < -0.39 is 5.82 Å². The summed E-state index contributed by atoms with van der Waals surface area (Å²) in [6.45, 7) is 1.81. The van der Waals surface area contributed by atoms with Crippen LogP contribution in [-0.4, -0.2) is 30.2 Å². The molecule has 3 heterocycles. The first-order chi connectivity index (χ1) is 12.2. The van der Waals surface area contributed by atoms with Crippen molar-refractivity contribution in [2.24, 2.45) is 0 Å². The number of hydrogen-bond acceptors (Lipinski definition) is 4. The Balaban J connectivity index is 1.92. The first-order valence-corrected chi connectivity index (χ1v) is 8.24. The molecule has 1 atom stereocenters. The van der Waals surface area contributed by atoms with Crippen LogP contribution in [0.3, 0.4) is 0 Å². The fraction of sp³-hybridized carbons (Fsp3) is 0.263. The van der Waals surface area contributed by atoms with Crippen LogP contribution in [0.15, 0.2) is 41.3 Å². The van der Waals surface area contributed by atoms with E-state index >= 15 is 0 Å². The number of hydrogen-bond donors (Lipinski definition) is 2. The molecule has 0 saturated carbocycles. The van der Waals surface area contributed by atoms with E-state index in [0.717, 1.165) is 30.6 Å². The third-order valence-corrected chi connectivity index (χ3v) is 4.70. The van der Waals surface area contributed by atoms with Crippen molar-refractivity contribution >= 4 is 10.8 Å². The second kappa shape index (κ2) is 6.29. The lowest BCUT2D eigenvalue weighted by Crippen LogP contribution is -2.14. The second-order valence-corrected chi connectivity index (χ2v) is 6.22. The Morgan fingerprint density at radius 1 is 1.32 bits per heavy atom. The monoisotopic (exact) mass is 339 g/mol. The average Bonchev–Trinajstić information content (AvgIpc) is 3.16. The zero-order valence-electron chi connectivity index (χ0n) is 13.8. The summed E-state index contributed by atoms with van der Waals surface area (Å²) in [4.78, 5) is 19.7. The van der Waals surface area contributed by atoms with Crippen molar-refractivity contribution in [3.05, 3.63) is 58.4 Å². The number of methoxy groups -OCH3 is 1. The Morgan fingerprint density at radius 2 is 2.20 bits per heavy atom. The van der Waals surface area contributed by atoms with E-state index in [0.29, 0.717) is 22.6 Å². The highest BCUT2D eigenvalue weighted by atomic mass is 19.1. The average molecular weight is 339 g/mol. The molecule has 0 spiro atoms. The third-order valence-electron chi connectivity index (χ3n) is 4.70. The molecule has 0 bridgehead atoms. The van der Waals surface area contributed by atoms with Crippen molar-refractivity contribution < 1.29 is 9.13 Å². The molecule has 3 aromatic rings. The minimum atomic E-state index is -0.453. The Hall–Kier alpha value is -2.73. The van der Waals surface area contributed by atoms with Crippen molar-refractivity contribution in [3.63, 3.8) is 0 Å². The first-order valence-electron chi connectivity index (χ1n) is 8.24. The van der Waals surface area contributed by atoms with E-state index in [1.807, 2.05) is 6.07 Å². The van der Waals surface area contributed by atoms with Crippen molar-refractivity contribution in [2.75, 3.05) is 20.2 Å². The molecule has 1 saturated heterocycles. The van der Waals surface area contributed by atoms with Gasteiger partial charge < -0.3 is 15.0 Å². The molecule has 0 aliphatic carbocycles. The highest BCUT2D eigenvalue weighted by molar-refractivity contribution is 5.89. The van der Waals surface area contributed by atoms with E-state index in [-0.39, 0.29) is 11.3 Å². The Morgan fingerprint density at radius 3 is 2.92 bits per heavy atom. The summed E-state index contributed by atoms with van der Waals surface area (Å²) in [7, 11) is 1.53. The summed E-state index contributed by atoms with van der Waals surface area (Å²) in [6, 6.07) is 8.28. The maximum atomic E-state index is 14.1. The van der Waals surface area contributed by atoms with E-state index in [1.165, 1.54) is 25.4 Å². The number of benzene rings is 1. The van der Waals surface area contributed by atoms with Gasteiger partial charge in [-0.05, 0) is 48.7 Å². The second-order valence-electron chi connectivity index (χ2n) is 6.22. The highest BCUT2D eigenvalue weighted by Gasteiger charge is 2.20. The van der Waals surface area contributed by atoms with Crippen LogP contribution in [-0.2, 0) is 0 Å². The van der Waals surface area contributed by atoms with Gasteiger partial charge in [0.25, 0.3) is 5.56 Å². The number of aromatic amines is 1. The number of nitrogens with zero attached hydrogens (tertiary/aromatic N) is 1. The zero-order valence-corrected chi connectivity index (χ0v) is 13.8. The number of ether oxygens (including phenoxy) is 1. The summed E-state index contributed by atoms with van der Waals surface area (Å²) >= 11 is 0. The lowest BCUT2D eigenvalue weighted by molar-refractivity contribution is 0.416. The Kier molecular flexibility index (Phi) is 3.97. The summed E-state index contributed by atoms with van der Waals surface area (Å²) in [5.74, 6) is 0.340. The van der Waals surface area contributed by atoms with Crippen LogP contribution >= 0.6 is 0 Å². The van der Waals surface area contributed by atoms with Crippen LogP contribution in [0.2, 0.25) is 0 Å². The molecule has 1 unspecified atom stereocenters. The minimum Gasteiger partial charge on any atom is -0.496 e. The van der Waals surface area contributed by atoms with Gasteiger partial charge in [0.2, 0.25) is 0 Å². The normalized spacial score (nSPS) is 17.1. The maximum absolute atomic E-state index is 14.1. The summed E-state index contributed by atoms with van der Waals surface area (Å²) in [5, 5.41) is 4.58. The van der Waals surface area contributed by atoms with Gasteiger partial charge in [-0.15, -0.1) is 0 Å². The van der Waals surface area contributed by atoms with Crippen LogP contribution < -0.4 is 15.6 Å². The number of aromatic nitrogens is 2. The molecule has 0 amide bonds. The summed E-state index contributed by atoms with van der Waals surface area (Å²) in [5.41, 5.74) is 1.37. The van der Waals surface area contributed by atoms with Gasteiger partial charge in [-0.2, -0.15) is 0 Å². The number of H-pyrrole nitrogens is 1. The summed E-state index contributed by atoms with van der Waals surface area (Å²) < 4.78 is 19.6. The lowest BCUT2D eigenvalue weighted by Gasteiger charge is -2.13. The molecule has 1 fully saturated rings. The molecule has 1 aliphatic heterocycles. The van der Waals surface area contributed by atoms with Gasteiger partial charge in [-0.1, -0.05) is 0 Å². The number of halogens is 1. The van der Waals surface area contributed by atoms with Crippen molar-refractivity contribution in [2.45, 2.75) is 12.3 Å². The number of nitrogens with one attached hydrogen (secondary N) is 2. The largest absolute Gasteiger partial charge is 0.496 e.